The summed E-state index contributed by atoms with van der Waals surface area (Å²) in [7, 11) is -3.02. The van der Waals surface area contributed by atoms with Gasteiger partial charge in [0.05, 0.1) is 17.9 Å². The molecular weight excluding hydrogens is 359 g/mol. The van der Waals surface area contributed by atoms with Gasteiger partial charge >= 0.3 is 0 Å². The van der Waals surface area contributed by atoms with E-state index < -0.39 is 9.84 Å². The molecule has 2 aliphatic heterocycles. The smallest absolute Gasteiger partial charge is 0.226 e. The molecule has 142 valence electrons. The number of likely N-dealkylation sites (tertiary alicyclic amines) is 1. The Labute approximate surface area is 152 Å². The molecule has 26 heavy (non-hydrogen) atoms. The lowest BCUT2D eigenvalue weighted by atomic mass is 9.95. The van der Waals surface area contributed by atoms with E-state index in [1.165, 1.54) is 12.1 Å². The number of benzene rings is 1. The van der Waals surface area contributed by atoms with Gasteiger partial charge in [-0.15, -0.1) is 0 Å². The predicted octanol–water partition coefficient (Wildman–Crippen LogP) is 0.910. The molecule has 1 aromatic carbocycles. The SMILES string of the molecule is O=C(NC1CCS(=O)(=O)C1)C1CCN(C(=O)Cc2cccc(F)c2)CC1. The van der Waals surface area contributed by atoms with Crippen LogP contribution in [-0.2, 0) is 25.8 Å². The second-order valence-corrected chi connectivity index (χ2v) is 9.30. The van der Waals surface area contributed by atoms with Crippen molar-refractivity contribution >= 4 is 21.7 Å². The lowest BCUT2D eigenvalue weighted by molar-refractivity contribution is -0.135. The number of sulfone groups is 1. The maximum atomic E-state index is 13.2. The largest absolute Gasteiger partial charge is 0.352 e. The van der Waals surface area contributed by atoms with E-state index in [1.54, 1.807) is 17.0 Å². The molecule has 2 amide bonds. The first-order valence-electron chi connectivity index (χ1n) is 8.85. The molecule has 1 atom stereocenters. The van der Waals surface area contributed by atoms with Crippen LogP contribution in [0.4, 0.5) is 4.39 Å². The summed E-state index contributed by atoms with van der Waals surface area (Å²) in [5.41, 5.74) is 0.636. The molecule has 1 aromatic rings. The van der Waals surface area contributed by atoms with Crippen LogP contribution in [0, 0.1) is 11.7 Å². The van der Waals surface area contributed by atoms with E-state index in [9.17, 15) is 22.4 Å². The Morgan fingerprint density at radius 2 is 1.92 bits per heavy atom. The van der Waals surface area contributed by atoms with Crippen LogP contribution in [0.3, 0.4) is 0 Å². The first kappa shape index (κ1) is 18.8. The minimum Gasteiger partial charge on any atom is -0.352 e. The summed E-state index contributed by atoms with van der Waals surface area (Å²) in [4.78, 5) is 26.4. The summed E-state index contributed by atoms with van der Waals surface area (Å²) in [6.07, 6.45) is 1.73. The number of amides is 2. The molecule has 2 fully saturated rings. The highest BCUT2D eigenvalue weighted by Gasteiger charge is 2.32. The average Bonchev–Trinajstić information content (AvgIpc) is 2.93. The zero-order valence-electron chi connectivity index (χ0n) is 14.5. The fourth-order valence-corrected chi connectivity index (χ4v) is 5.23. The van der Waals surface area contributed by atoms with E-state index in [2.05, 4.69) is 5.32 Å². The van der Waals surface area contributed by atoms with E-state index in [-0.39, 0.29) is 47.5 Å². The van der Waals surface area contributed by atoms with Crippen molar-refractivity contribution in [2.24, 2.45) is 5.92 Å². The van der Waals surface area contributed by atoms with E-state index in [1.807, 2.05) is 0 Å². The quantitative estimate of drug-likeness (QED) is 0.839. The van der Waals surface area contributed by atoms with Gasteiger partial charge in [-0.3, -0.25) is 9.59 Å². The molecule has 0 saturated carbocycles. The average molecular weight is 382 g/mol. The van der Waals surface area contributed by atoms with Crippen molar-refractivity contribution in [2.45, 2.75) is 31.7 Å². The summed E-state index contributed by atoms with van der Waals surface area (Å²) in [5, 5.41) is 2.83. The highest BCUT2D eigenvalue weighted by molar-refractivity contribution is 7.91. The standard InChI is InChI=1S/C18H23FN2O4S/c19-15-3-1-2-13(10-15)11-17(22)21-7-4-14(5-8-21)18(23)20-16-6-9-26(24,25)12-16/h1-3,10,14,16H,4-9,11-12H2,(H,20,23). The number of carbonyl (C=O) groups is 2. The van der Waals surface area contributed by atoms with Crippen LogP contribution in [0.15, 0.2) is 24.3 Å². The van der Waals surface area contributed by atoms with Gasteiger partial charge in [-0.2, -0.15) is 0 Å². The van der Waals surface area contributed by atoms with Crippen molar-refractivity contribution in [2.75, 3.05) is 24.6 Å². The molecule has 1 unspecified atom stereocenters. The van der Waals surface area contributed by atoms with E-state index in [0.717, 1.165) is 0 Å². The van der Waals surface area contributed by atoms with Gasteiger partial charge in [0.15, 0.2) is 9.84 Å². The van der Waals surface area contributed by atoms with Crippen LogP contribution < -0.4 is 5.32 Å². The molecule has 0 bridgehead atoms. The Morgan fingerprint density at radius 1 is 1.19 bits per heavy atom. The molecule has 6 nitrogen and oxygen atoms in total. The van der Waals surface area contributed by atoms with Crippen LogP contribution in [0.5, 0.6) is 0 Å². The fourth-order valence-electron chi connectivity index (χ4n) is 3.55. The van der Waals surface area contributed by atoms with E-state index >= 15 is 0 Å². The normalized spacial score (nSPS) is 23.0. The molecule has 0 aliphatic carbocycles. The number of hydrogen-bond donors (Lipinski definition) is 1. The van der Waals surface area contributed by atoms with Crippen molar-refractivity contribution < 1.29 is 22.4 Å². The second-order valence-electron chi connectivity index (χ2n) is 7.07. The minimum atomic E-state index is -3.02. The minimum absolute atomic E-state index is 0.0176. The number of nitrogens with one attached hydrogen (secondary N) is 1. The maximum Gasteiger partial charge on any atom is 0.226 e. The van der Waals surface area contributed by atoms with Gasteiger partial charge in [0, 0.05) is 25.0 Å². The van der Waals surface area contributed by atoms with Crippen LogP contribution in [0.1, 0.15) is 24.8 Å². The zero-order valence-corrected chi connectivity index (χ0v) is 15.3. The predicted molar refractivity (Wildman–Crippen MR) is 94.6 cm³/mol. The van der Waals surface area contributed by atoms with Crippen molar-refractivity contribution in [1.29, 1.82) is 0 Å². The molecule has 1 N–H and O–H groups in total. The highest BCUT2D eigenvalue weighted by atomic mass is 32.2. The summed E-state index contributed by atoms with van der Waals surface area (Å²) in [5.74, 6) is -0.605. The molecule has 2 saturated heterocycles. The number of nitrogens with zero attached hydrogens (tertiary/aromatic N) is 1. The topological polar surface area (TPSA) is 83.6 Å². The van der Waals surface area contributed by atoms with Crippen LogP contribution in [-0.4, -0.2) is 55.8 Å². The van der Waals surface area contributed by atoms with Gasteiger partial charge < -0.3 is 10.2 Å². The molecule has 0 radical (unpaired) electrons. The Morgan fingerprint density at radius 3 is 2.54 bits per heavy atom. The Hall–Kier alpha value is -1.96. The van der Waals surface area contributed by atoms with Crippen LogP contribution in [0.2, 0.25) is 0 Å². The Balaban J connectivity index is 1.46. The van der Waals surface area contributed by atoms with Gasteiger partial charge in [-0.25, -0.2) is 12.8 Å². The zero-order chi connectivity index (χ0) is 18.7. The molecule has 8 heteroatoms. The molecule has 2 aliphatic rings. The van der Waals surface area contributed by atoms with Crippen molar-refractivity contribution in [1.82, 2.24) is 10.2 Å². The van der Waals surface area contributed by atoms with Gasteiger partial charge in [0.2, 0.25) is 11.8 Å². The highest BCUT2D eigenvalue weighted by Crippen LogP contribution is 2.20. The third-order valence-corrected chi connectivity index (χ3v) is 6.81. The van der Waals surface area contributed by atoms with Gasteiger partial charge in [-0.05, 0) is 37.0 Å². The third-order valence-electron chi connectivity index (χ3n) is 5.04. The summed E-state index contributed by atoms with van der Waals surface area (Å²) in [6.45, 7) is 0.963. The van der Waals surface area contributed by atoms with Crippen molar-refractivity contribution in [3.05, 3.63) is 35.6 Å². The monoisotopic (exact) mass is 382 g/mol. The number of carbonyl (C=O) groups excluding carboxylic acids is 2. The molecule has 0 spiro atoms. The van der Waals surface area contributed by atoms with E-state index in [0.29, 0.717) is 37.9 Å². The third kappa shape index (κ3) is 4.81. The summed E-state index contributed by atoms with van der Waals surface area (Å²) in [6, 6.07) is 5.70. The Bertz CT molecular complexity index is 788. The number of rotatable bonds is 4. The first-order chi connectivity index (χ1) is 12.3. The molecule has 0 aromatic heterocycles. The first-order valence-corrected chi connectivity index (χ1v) is 10.7. The van der Waals surface area contributed by atoms with Gasteiger partial charge in [0.1, 0.15) is 5.82 Å². The van der Waals surface area contributed by atoms with Crippen LogP contribution in [0.25, 0.3) is 0 Å². The number of halogens is 1. The van der Waals surface area contributed by atoms with Crippen molar-refractivity contribution in [3.63, 3.8) is 0 Å². The van der Waals surface area contributed by atoms with E-state index in [4.69, 9.17) is 0 Å². The van der Waals surface area contributed by atoms with Gasteiger partial charge in [-0.1, -0.05) is 12.1 Å². The molecule has 2 heterocycles. The van der Waals surface area contributed by atoms with Crippen LogP contribution >= 0.6 is 0 Å². The van der Waals surface area contributed by atoms with Gasteiger partial charge in [0.25, 0.3) is 0 Å². The Kier molecular flexibility index (Phi) is 5.60. The number of hydrogen-bond acceptors (Lipinski definition) is 4. The maximum absolute atomic E-state index is 13.2. The number of piperidine rings is 1. The summed E-state index contributed by atoms with van der Waals surface area (Å²) >= 11 is 0. The second kappa shape index (κ2) is 7.73. The fraction of sp³-hybridized carbons (Fsp3) is 0.556. The van der Waals surface area contributed by atoms with Crippen molar-refractivity contribution in [3.8, 4) is 0 Å². The summed E-state index contributed by atoms with van der Waals surface area (Å²) < 4.78 is 36.1. The molecular formula is C18H23FN2O4S. The lowest BCUT2D eigenvalue weighted by Crippen LogP contribution is -2.46. The molecule has 3 rings (SSSR count). The lowest BCUT2D eigenvalue weighted by Gasteiger charge is -2.32.